The average Bonchev–Trinajstić information content (AvgIpc) is 3.33. The summed E-state index contributed by atoms with van der Waals surface area (Å²) in [5, 5.41) is 17.9. The van der Waals surface area contributed by atoms with Gasteiger partial charge in [-0.25, -0.2) is 14.6 Å². The third-order valence-corrected chi connectivity index (χ3v) is 5.52. The molecule has 0 aliphatic heterocycles. The van der Waals surface area contributed by atoms with Crippen LogP contribution in [0.15, 0.2) is 48.8 Å². The van der Waals surface area contributed by atoms with E-state index < -0.39 is 24.3 Å². The Morgan fingerprint density at radius 3 is 1.97 bits per heavy atom. The van der Waals surface area contributed by atoms with Gasteiger partial charge in [-0.1, -0.05) is 31.4 Å². The van der Waals surface area contributed by atoms with Gasteiger partial charge in [0, 0.05) is 12.6 Å². The number of nitrogens with one attached hydrogen (secondary N) is 2. The first kappa shape index (κ1) is 31.4. The van der Waals surface area contributed by atoms with E-state index in [1.165, 1.54) is 37.7 Å². The van der Waals surface area contributed by atoms with E-state index >= 15 is 0 Å². The Balaban J connectivity index is 0.000000317. The van der Waals surface area contributed by atoms with E-state index in [0.29, 0.717) is 0 Å². The second-order valence-corrected chi connectivity index (χ2v) is 8.57. The second kappa shape index (κ2) is 14.4. The van der Waals surface area contributed by atoms with Gasteiger partial charge in [0.25, 0.3) is 0 Å². The second-order valence-electron chi connectivity index (χ2n) is 8.57. The Morgan fingerprint density at radius 1 is 0.897 bits per heavy atom. The number of aromatic amines is 1. The number of benzene rings is 2. The van der Waals surface area contributed by atoms with Crippen LogP contribution in [-0.4, -0.2) is 51.0 Å². The summed E-state index contributed by atoms with van der Waals surface area (Å²) in [4.78, 5) is 25.1. The summed E-state index contributed by atoms with van der Waals surface area (Å²) < 4.78 is 69.4. The molecule has 39 heavy (non-hydrogen) atoms. The van der Waals surface area contributed by atoms with Crippen molar-refractivity contribution in [1.29, 1.82) is 0 Å². The fraction of sp³-hybridized carbons (Fsp3) is 0.400. The van der Waals surface area contributed by atoms with Crippen molar-refractivity contribution in [2.45, 2.75) is 51.0 Å². The molecule has 0 atom stereocenters. The first-order chi connectivity index (χ1) is 18.3. The maximum absolute atomic E-state index is 10.6. The number of ether oxygens (including phenoxy) is 1. The SMILES string of the molecule is O=C(O)C(F)(F)F.O=C(O)C(F)(F)F.c1nc2ccc(Oc3ccc(CNCC4CCCCC4)cc3)cc2[nH]1. The Bertz CT molecular complexity index is 1170. The lowest BCUT2D eigenvalue weighted by molar-refractivity contribution is -0.193. The van der Waals surface area contributed by atoms with E-state index in [-0.39, 0.29) is 0 Å². The monoisotopic (exact) mass is 563 g/mol. The van der Waals surface area contributed by atoms with Crippen LogP contribution in [0.25, 0.3) is 11.0 Å². The van der Waals surface area contributed by atoms with Gasteiger partial charge in [-0.05, 0) is 55.1 Å². The standard InChI is InChI=1S/C21H25N3O.2C2HF3O2/c1-2-4-16(5-3-1)13-22-14-17-6-8-18(9-7-17)25-19-10-11-20-21(12-19)24-15-23-20;2*3-2(4,5)1(6)7/h6-12,15-16,22H,1-5,13-14H2,(H,23,24);2*(H,6,7). The molecule has 1 aromatic heterocycles. The summed E-state index contributed by atoms with van der Waals surface area (Å²) in [6, 6.07) is 14.2. The summed E-state index contributed by atoms with van der Waals surface area (Å²) in [5.41, 5.74) is 3.24. The number of fused-ring (bicyclic) bond motifs is 1. The highest BCUT2D eigenvalue weighted by atomic mass is 19.4. The maximum atomic E-state index is 10.6. The molecule has 214 valence electrons. The van der Waals surface area contributed by atoms with Crippen LogP contribution in [0.3, 0.4) is 0 Å². The quantitative estimate of drug-likeness (QED) is 0.260. The topological polar surface area (TPSA) is 125 Å². The minimum Gasteiger partial charge on any atom is -0.475 e. The van der Waals surface area contributed by atoms with Crippen molar-refractivity contribution in [3.05, 3.63) is 54.4 Å². The van der Waals surface area contributed by atoms with Crippen LogP contribution in [0.4, 0.5) is 26.3 Å². The van der Waals surface area contributed by atoms with Crippen LogP contribution >= 0.6 is 0 Å². The van der Waals surface area contributed by atoms with Crippen LogP contribution in [0.5, 0.6) is 11.5 Å². The van der Waals surface area contributed by atoms with Crippen LogP contribution in [0.1, 0.15) is 37.7 Å². The molecule has 0 bridgehead atoms. The van der Waals surface area contributed by atoms with Crippen LogP contribution in [0, 0.1) is 5.92 Å². The van der Waals surface area contributed by atoms with E-state index in [1.807, 2.05) is 30.3 Å². The fourth-order valence-electron chi connectivity index (χ4n) is 3.60. The molecular formula is C25H27F6N3O5. The zero-order chi connectivity index (χ0) is 29.1. The Kier molecular flexibility index (Phi) is 11.6. The molecular weight excluding hydrogens is 536 g/mol. The lowest BCUT2D eigenvalue weighted by atomic mass is 9.89. The summed E-state index contributed by atoms with van der Waals surface area (Å²) in [5.74, 6) is -2.97. The van der Waals surface area contributed by atoms with Crippen LogP contribution in [-0.2, 0) is 16.1 Å². The van der Waals surface area contributed by atoms with E-state index in [1.54, 1.807) is 6.33 Å². The van der Waals surface area contributed by atoms with Crippen LogP contribution in [0.2, 0.25) is 0 Å². The zero-order valence-corrected chi connectivity index (χ0v) is 20.5. The lowest BCUT2D eigenvalue weighted by Gasteiger charge is -2.21. The first-order valence-electron chi connectivity index (χ1n) is 11.8. The molecule has 14 heteroatoms. The number of rotatable bonds is 6. The van der Waals surface area contributed by atoms with Gasteiger partial charge in [0.2, 0.25) is 0 Å². The molecule has 0 saturated heterocycles. The molecule has 1 aliphatic rings. The van der Waals surface area contributed by atoms with Gasteiger partial charge < -0.3 is 25.3 Å². The van der Waals surface area contributed by atoms with Gasteiger partial charge in [0.05, 0.1) is 17.4 Å². The third kappa shape index (κ3) is 11.6. The molecule has 4 rings (SSSR count). The van der Waals surface area contributed by atoms with Crippen molar-refractivity contribution in [3.8, 4) is 11.5 Å². The van der Waals surface area contributed by atoms with E-state index in [0.717, 1.165) is 41.5 Å². The van der Waals surface area contributed by atoms with Crippen molar-refractivity contribution in [3.63, 3.8) is 0 Å². The van der Waals surface area contributed by atoms with Crippen molar-refractivity contribution < 1.29 is 50.9 Å². The van der Waals surface area contributed by atoms with Crippen molar-refractivity contribution in [1.82, 2.24) is 15.3 Å². The van der Waals surface area contributed by atoms with E-state index in [4.69, 9.17) is 24.5 Å². The number of carboxylic acids is 2. The van der Waals surface area contributed by atoms with E-state index in [2.05, 4.69) is 27.4 Å². The molecule has 4 N–H and O–H groups in total. The molecule has 0 unspecified atom stereocenters. The highest BCUT2D eigenvalue weighted by Gasteiger charge is 2.38. The number of hydrogen-bond donors (Lipinski definition) is 4. The average molecular weight is 563 g/mol. The summed E-state index contributed by atoms with van der Waals surface area (Å²) in [6.45, 7) is 2.07. The van der Waals surface area contributed by atoms with Crippen molar-refractivity contribution >= 4 is 23.0 Å². The predicted octanol–water partition coefficient (Wildman–Crippen LogP) is 6.29. The molecule has 2 aromatic carbocycles. The van der Waals surface area contributed by atoms with Crippen LogP contribution < -0.4 is 10.1 Å². The molecule has 1 saturated carbocycles. The molecule has 1 aliphatic carbocycles. The highest BCUT2D eigenvalue weighted by Crippen LogP contribution is 2.25. The minimum atomic E-state index is -5.08. The highest BCUT2D eigenvalue weighted by molar-refractivity contribution is 5.76. The molecule has 0 radical (unpaired) electrons. The number of aromatic nitrogens is 2. The van der Waals surface area contributed by atoms with Crippen molar-refractivity contribution in [2.75, 3.05) is 6.54 Å². The number of hydrogen-bond acceptors (Lipinski definition) is 5. The number of alkyl halides is 6. The maximum Gasteiger partial charge on any atom is 0.490 e. The molecule has 0 amide bonds. The zero-order valence-electron chi connectivity index (χ0n) is 20.5. The van der Waals surface area contributed by atoms with Gasteiger partial charge in [-0.3, -0.25) is 0 Å². The Hall–Kier alpha value is -3.81. The van der Waals surface area contributed by atoms with Gasteiger partial charge in [-0.2, -0.15) is 26.3 Å². The lowest BCUT2D eigenvalue weighted by Crippen LogP contribution is -2.24. The predicted molar refractivity (Wildman–Crippen MR) is 128 cm³/mol. The number of aliphatic carboxylic acids is 2. The number of carboxylic acid groups (broad SMARTS) is 2. The molecule has 0 spiro atoms. The Morgan fingerprint density at radius 2 is 1.44 bits per heavy atom. The molecule has 1 fully saturated rings. The van der Waals surface area contributed by atoms with Crippen molar-refractivity contribution in [2.24, 2.45) is 5.92 Å². The largest absolute Gasteiger partial charge is 0.490 e. The normalized spacial score (nSPS) is 14.0. The fourth-order valence-corrected chi connectivity index (χ4v) is 3.60. The molecule has 8 nitrogen and oxygen atoms in total. The summed E-state index contributed by atoms with van der Waals surface area (Å²) in [6.07, 6.45) is -1.46. The number of halogens is 6. The van der Waals surface area contributed by atoms with E-state index in [9.17, 15) is 26.3 Å². The van der Waals surface area contributed by atoms with Gasteiger partial charge in [0.15, 0.2) is 0 Å². The van der Waals surface area contributed by atoms with Gasteiger partial charge in [0.1, 0.15) is 11.5 Å². The summed E-state index contributed by atoms with van der Waals surface area (Å²) >= 11 is 0. The smallest absolute Gasteiger partial charge is 0.475 e. The van der Waals surface area contributed by atoms with Gasteiger partial charge in [-0.15, -0.1) is 0 Å². The molecule has 1 heterocycles. The third-order valence-electron chi connectivity index (χ3n) is 5.52. The number of carbonyl (C=O) groups is 2. The number of H-pyrrole nitrogens is 1. The molecule has 3 aromatic rings. The first-order valence-corrected chi connectivity index (χ1v) is 11.8. The number of imidazole rings is 1. The number of nitrogens with zero attached hydrogens (tertiary/aromatic N) is 1. The Labute approximate surface area is 219 Å². The summed E-state index contributed by atoms with van der Waals surface area (Å²) in [7, 11) is 0. The van der Waals surface area contributed by atoms with Gasteiger partial charge >= 0.3 is 24.3 Å². The minimum absolute atomic E-state index is 0.819.